The molecule has 0 heterocycles. The molecule has 1 N–H and O–H groups in total. The molecule has 17 heavy (non-hydrogen) atoms. The molecular weight excluding hydrogens is 208 g/mol. The summed E-state index contributed by atoms with van der Waals surface area (Å²) in [6.45, 7) is 8.31. The lowest BCUT2D eigenvalue weighted by Gasteiger charge is -2.36. The van der Waals surface area contributed by atoms with Crippen molar-refractivity contribution in [2.45, 2.75) is 64.8 Å². The van der Waals surface area contributed by atoms with E-state index >= 15 is 0 Å². The van der Waals surface area contributed by atoms with Gasteiger partial charge in [-0.1, -0.05) is 26.7 Å². The van der Waals surface area contributed by atoms with Crippen LogP contribution in [0, 0.1) is 5.92 Å². The Bertz CT molecular complexity index is 182. The Hall–Kier alpha value is -0.0800. The Kier molecular flexibility index (Phi) is 7.87. The smallest absolute Gasteiger partial charge is 0.0118 e. The zero-order valence-corrected chi connectivity index (χ0v) is 12.2. The number of nitrogens with one attached hydrogen (secondary N) is 1. The molecule has 1 saturated carbocycles. The van der Waals surface area contributed by atoms with Crippen molar-refractivity contribution in [3.8, 4) is 0 Å². The molecule has 2 unspecified atom stereocenters. The minimum Gasteiger partial charge on any atom is -0.317 e. The van der Waals surface area contributed by atoms with Crippen molar-refractivity contribution in [2.75, 3.05) is 26.7 Å². The first kappa shape index (κ1) is 15.0. The molecule has 0 spiro atoms. The molecule has 0 aliphatic heterocycles. The van der Waals surface area contributed by atoms with Gasteiger partial charge in [-0.3, -0.25) is 0 Å². The Labute approximate surface area is 108 Å². The minimum absolute atomic E-state index is 0.854. The first-order chi connectivity index (χ1) is 8.25. The predicted octanol–water partition coefficient (Wildman–Crippen LogP) is 3.28. The van der Waals surface area contributed by atoms with E-state index < -0.39 is 0 Å². The van der Waals surface area contributed by atoms with E-state index in [0.29, 0.717) is 0 Å². The number of hydrogen-bond acceptors (Lipinski definition) is 2. The molecule has 1 aliphatic rings. The summed E-state index contributed by atoms with van der Waals surface area (Å²) in [7, 11) is 2.33. The monoisotopic (exact) mass is 240 g/mol. The standard InChI is InChI=1S/C15H32N2/c1-4-11-16-12-7-8-13-17(3)15-10-6-5-9-14(15)2/h14-16H,4-13H2,1-3H3. The molecule has 1 fully saturated rings. The highest BCUT2D eigenvalue weighted by molar-refractivity contribution is 4.79. The fraction of sp³-hybridized carbons (Fsp3) is 1.00. The van der Waals surface area contributed by atoms with Crippen LogP contribution in [0.1, 0.15) is 58.8 Å². The fourth-order valence-electron chi connectivity index (χ4n) is 3.03. The van der Waals surface area contributed by atoms with Crippen LogP contribution in [0.4, 0.5) is 0 Å². The van der Waals surface area contributed by atoms with Crippen LogP contribution in [0.15, 0.2) is 0 Å². The van der Waals surface area contributed by atoms with Gasteiger partial charge in [0, 0.05) is 6.04 Å². The molecule has 0 radical (unpaired) electrons. The van der Waals surface area contributed by atoms with Gasteiger partial charge >= 0.3 is 0 Å². The summed E-state index contributed by atoms with van der Waals surface area (Å²) in [6.07, 6.45) is 9.67. The Morgan fingerprint density at radius 2 is 1.88 bits per heavy atom. The number of nitrogens with zero attached hydrogens (tertiary/aromatic N) is 1. The molecule has 0 aromatic heterocycles. The first-order valence-corrected chi connectivity index (χ1v) is 7.66. The van der Waals surface area contributed by atoms with Crippen molar-refractivity contribution >= 4 is 0 Å². The van der Waals surface area contributed by atoms with Crippen LogP contribution in [0.3, 0.4) is 0 Å². The van der Waals surface area contributed by atoms with Crippen molar-refractivity contribution in [3.05, 3.63) is 0 Å². The van der Waals surface area contributed by atoms with Crippen molar-refractivity contribution in [1.82, 2.24) is 10.2 Å². The molecule has 2 atom stereocenters. The second-order valence-electron chi connectivity index (χ2n) is 5.77. The van der Waals surface area contributed by atoms with Crippen LogP contribution in [0.2, 0.25) is 0 Å². The lowest BCUT2D eigenvalue weighted by molar-refractivity contribution is 0.137. The van der Waals surface area contributed by atoms with E-state index in [4.69, 9.17) is 0 Å². The van der Waals surface area contributed by atoms with E-state index in [1.807, 2.05) is 0 Å². The zero-order valence-electron chi connectivity index (χ0n) is 12.2. The summed E-state index contributed by atoms with van der Waals surface area (Å²) in [5.41, 5.74) is 0. The van der Waals surface area contributed by atoms with Gasteiger partial charge in [-0.05, 0) is 64.7 Å². The van der Waals surface area contributed by atoms with Crippen molar-refractivity contribution in [2.24, 2.45) is 5.92 Å². The Morgan fingerprint density at radius 1 is 1.12 bits per heavy atom. The van der Waals surface area contributed by atoms with Gasteiger partial charge in [-0.2, -0.15) is 0 Å². The molecule has 0 aromatic carbocycles. The third-order valence-electron chi connectivity index (χ3n) is 4.17. The van der Waals surface area contributed by atoms with E-state index in [-0.39, 0.29) is 0 Å². The van der Waals surface area contributed by atoms with Crippen molar-refractivity contribution < 1.29 is 0 Å². The third kappa shape index (κ3) is 5.87. The molecule has 1 aliphatic carbocycles. The maximum absolute atomic E-state index is 3.48. The quantitative estimate of drug-likeness (QED) is 0.655. The van der Waals surface area contributed by atoms with E-state index in [0.717, 1.165) is 12.0 Å². The molecule has 2 heteroatoms. The molecule has 0 saturated heterocycles. The highest BCUT2D eigenvalue weighted by Crippen LogP contribution is 2.27. The molecule has 2 nitrogen and oxygen atoms in total. The number of rotatable bonds is 8. The molecule has 0 aromatic rings. The van der Waals surface area contributed by atoms with Crippen molar-refractivity contribution in [3.63, 3.8) is 0 Å². The van der Waals surface area contributed by atoms with Gasteiger partial charge in [0.15, 0.2) is 0 Å². The van der Waals surface area contributed by atoms with Gasteiger partial charge in [0.1, 0.15) is 0 Å². The van der Waals surface area contributed by atoms with Gasteiger partial charge in [-0.15, -0.1) is 0 Å². The van der Waals surface area contributed by atoms with Crippen LogP contribution in [-0.2, 0) is 0 Å². The van der Waals surface area contributed by atoms with E-state index in [9.17, 15) is 0 Å². The average molecular weight is 240 g/mol. The summed E-state index contributed by atoms with van der Waals surface area (Å²) >= 11 is 0. The Balaban J connectivity index is 2.05. The molecule has 0 bridgehead atoms. The maximum Gasteiger partial charge on any atom is 0.0118 e. The third-order valence-corrected chi connectivity index (χ3v) is 4.17. The van der Waals surface area contributed by atoms with Crippen LogP contribution in [0.25, 0.3) is 0 Å². The van der Waals surface area contributed by atoms with Gasteiger partial charge in [0.05, 0.1) is 0 Å². The summed E-state index contributed by atoms with van der Waals surface area (Å²) in [5.74, 6) is 0.909. The topological polar surface area (TPSA) is 15.3 Å². The van der Waals surface area contributed by atoms with Gasteiger partial charge in [0.25, 0.3) is 0 Å². The molecule has 102 valence electrons. The predicted molar refractivity (Wildman–Crippen MR) is 76.4 cm³/mol. The van der Waals surface area contributed by atoms with E-state index in [1.54, 1.807) is 0 Å². The van der Waals surface area contributed by atoms with Gasteiger partial charge in [0.2, 0.25) is 0 Å². The summed E-state index contributed by atoms with van der Waals surface area (Å²) < 4.78 is 0. The van der Waals surface area contributed by atoms with Crippen molar-refractivity contribution in [1.29, 1.82) is 0 Å². The highest BCUT2D eigenvalue weighted by atomic mass is 15.1. The second kappa shape index (κ2) is 8.93. The molecule has 1 rings (SSSR count). The lowest BCUT2D eigenvalue weighted by atomic mass is 9.85. The first-order valence-electron chi connectivity index (χ1n) is 7.66. The second-order valence-corrected chi connectivity index (χ2v) is 5.77. The minimum atomic E-state index is 0.854. The van der Waals surface area contributed by atoms with Crippen LogP contribution in [0.5, 0.6) is 0 Å². The van der Waals surface area contributed by atoms with E-state index in [1.165, 1.54) is 64.6 Å². The van der Waals surface area contributed by atoms with Crippen LogP contribution in [-0.4, -0.2) is 37.6 Å². The zero-order chi connectivity index (χ0) is 12.5. The largest absolute Gasteiger partial charge is 0.317 e. The molecular formula is C15H32N2. The normalized spacial score (nSPS) is 25.4. The SMILES string of the molecule is CCCNCCCCN(C)C1CCCCC1C. The van der Waals surface area contributed by atoms with Crippen LogP contribution >= 0.6 is 0 Å². The average Bonchev–Trinajstić information content (AvgIpc) is 2.34. The van der Waals surface area contributed by atoms with Crippen LogP contribution < -0.4 is 5.32 Å². The fourth-order valence-corrected chi connectivity index (χ4v) is 3.03. The summed E-state index contributed by atoms with van der Waals surface area (Å²) in [6, 6.07) is 0.854. The maximum atomic E-state index is 3.48. The van der Waals surface area contributed by atoms with Gasteiger partial charge < -0.3 is 10.2 Å². The summed E-state index contributed by atoms with van der Waals surface area (Å²) in [4.78, 5) is 2.61. The Morgan fingerprint density at radius 3 is 2.59 bits per heavy atom. The van der Waals surface area contributed by atoms with Gasteiger partial charge in [-0.25, -0.2) is 0 Å². The number of hydrogen-bond donors (Lipinski definition) is 1. The summed E-state index contributed by atoms with van der Waals surface area (Å²) in [5, 5.41) is 3.48. The van der Waals surface area contributed by atoms with E-state index in [2.05, 4.69) is 31.1 Å². The highest BCUT2D eigenvalue weighted by Gasteiger charge is 2.24. The lowest BCUT2D eigenvalue weighted by Crippen LogP contribution is -2.39. The molecule has 0 amide bonds. The number of unbranched alkanes of at least 4 members (excludes halogenated alkanes) is 1.